The van der Waals surface area contributed by atoms with Crippen LogP contribution in [0.4, 0.5) is 11.6 Å². The fourth-order valence-corrected chi connectivity index (χ4v) is 3.80. The molecule has 0 unspecified atom stereocenters. The fraction of sp³-hybridized carbons (Fsp3) is 0.600. The third-order valence-corrected chi connectivity index (χ3v) is 5.35. The van der Waals surface area contributed by atoms with E-state index >= 15 is 0 Å². The van der Waals surface area contributed by atoms with Crippen molar-refractivity contribution in [3.05, 3.63) is 36.2 Å². The summed E-state index contributed by atoms with van der Waals surface area (Å²) >= 11 is 0. The molecule has 0 aromatic carbocycles. The van der Waals surface area contributed by atoms with Crippen molar-refractivity contribution in [3.8, 4) is 0 Å². The van der Waals surface area contributed by atoms with Crippen LogP contribution in [-0.4, -0.2) is 45.1 Å². The Kier molecular flexibility index (Phi) is 4.74. The zero-order valence-corrected chi connectivity index (χ0v) is 16.0. The maximum absolute atomic E-state index is 4.76. The molecule has 138 valence electrons. The lowest BCUT2D eigenvalue weighted by Crippen LogP contribution is -2.46. The second-order valence-corrected chi connectivity index (χ2v) is 7.80. The third-order valence-electron chi connectivity index (χ3n) is 5.35. The molecule has 6 heteroatoms. The van der Waals surface area contributed by atoms with Crippen LogP contribution in [0.25, 0.3) is 0 Å². The minimum Gasteiger partial charge on any atom is -0.356 e. The molecule has 26 heavy (non-hydrogen) atoms. The summed E-state index contributed by atoms with van der Waals surface area (Å²) in [6, 6.07) is 5.38. The van der Waals surface area contributed by atoms with Gasteiger partial charge in [0.2, 0.25) is 0 Å². The molecule has 0 atom stereocenters. The quantitative estimate of drug-likeness (QED) is 0.823. The molecule has 3 heterocycles. The molecule has 0 radical (unpaired) electrons. The Balaban J connectivity index is 1.46. The average Bonchev–Trinajstić information content (AvgIpc) is 3.48. The summed E-state index contributed by atoms with van der Waals surface area (Å²) in [5.41, 5.74) is 1.04. The lowest BCUT2D eigenvalue weighted by Gasteiger charge is -2.40. The third kappa shape index (κ3) is 3.64. The largest absolute Gasteiger partial charge is 0.356 e. The van der Waals surface area contributed by atoms with E-state index in [1.54, 1.807) is 6.33 Å². The second kappa shape index (κ2) is 7.17. The van der Waals surface area contributed by atoms with E-state index in [0.717, 1.165) is 49.1 Å². The van der Waals surface area contributed by atoms with Gasteiger partial charge in [0, 0.05) is 49.0 Å². The summed E-state index contributed by atoms with van der Waals surface area (Å²) in [4.78, 5) is 23.0. The van der Waals surface area contributed by atoms with E-state index in [2.05, 4.69) is 44.7 Å². The summed E-state index contributed by atoms with van der Waals surface area (Å²) in [6.45, 7) is 8.39. The van der Waals surface area contributed by atoms with Crippen LogP contribution in [0.1, 0.15) is 57.0 Å². The highest BCUT2D eigenvalue weighted by Gasteiger charge is 2.36. The summed E-state index contributed by atoms with van der Waals surface area (Å²) in [5, 5.41) is 0. The maximum Gasteiger partial charge on any atom is 0.133 e. The Labute approximate surface area is 155 Å². The van der Waals surface area contributed by atoms with Gasteiger partial charge in [-0.2, -0.15) is 0 Å². The molecule has 1 aliphatic carbocycles. The van der Waals surface area contributed by atoms with Crippen molar-refractivity contribution in [2.24, 2.45) is 0 Å². The fourth-order valence-electron chi connectivity index (χ4n) is 3.80. The van der Waals surface area contributed by atoms with E-state index in [0.29, 0.717) is 18.0 Å². The number of rotatable bonds is 5. The van der Waals surface area contributed by atoms with Crippen molar-refractivity contribution >= 4 is 11.6 Å². The minimum absolute atomic E-state index is 0.360. The molecule has 1 saturated carbocycles. The maximum atomic E-state index is 4.76. The molecule has 2 fully saturated rings. The number of aryl methyl sites for hydroxylation is 1. The van der Waals surface area contributed by atoms with Gasteiger partial charge in [0.25, 0.3) is 0 Å². The van der Waals surface area contributed by atoms with Crippen molar-refractivity contribution in [3.63, 3.8) is 0 Å². The Morgan fingerprint density at radius 2 is 1.77 bits per heavy atom. The second-order valence-electron chi connectivity index (χ2n) is 7.80. The Bertz CT molecular complexity index is 749. The van der Waals surface area contributed by atoms with E-state index in [-0.39, 0.29) is 0 Å². The predicted octanol–water partition coefficient (Wildman–Crippen LogP) is 3.34. The van der Waals surface area contributed by atoms with Crippen molar-refractivity contribution in [2.45, 2.75) is 64.5 Å². The van der Waals surface area contributed by atoms with Gasteiger partial charge in [0.1, 0.15) is 23.8 Å². The van der Waals surface area contributed by atoms with Gasteiger partial charge in [0.05, 0.1) is 0 Å². The van der Waals surface area contributed by atoms with Crippen LogP contribution in [-0.2, 0) is 0 Å². The van der Waals surface area contributed by atoms with E-state index in [1.807, 2.05) is 19.2 Å². The first kappa shape index (κ1) is 17.2. The first-order chi connectivity index (χ1) is 12.6. The van der Waals surface area contributed by atoms with Gasteiger partial charge in [-0.3, -0.25) is 0 Å². The molecule has 2 aromatic heterocycles. The highest BCUT2D eigenvalue weighted by atomic mass is 15.3. The first-order valence-corrected chi connectivity index (χ1v) is 9.76. The van der Waals surface area contributed by atoms with E-state index in [4.69, 9.17) is 4.98 Å². The first-order valence-electron chi connectivity index (χ1n) is 9.76. The molecule has 0 N–H and O–H groups in total. The molecule has 1 saturated heterocycles. The number of hydrogen-bond acceptors (Lipinski definition) is 6. The molecule has 0 spiro atoms. The van der Waals surface area contributed by atoms with Crippen molar-refractivity contribution in [1.29, 1.82) is 0 Å². The molecular formula is C20H28N6. The van der Waals surface area contributed by atoms with Crippen LogP contribution in [0.2, 0.25) is 0 Å². The van der Waals surface area contributed by atoms with Crippen molar-refractivity contribution in [1.82, 2.24) is 19.9 Å². The summed E-state index contributed by atoms with van der Waals surface area (Å²) in [7, 11) is 0. The molecule has 0 amide bonds. The molecule has 0 bridgehead atoms. The van der Waals surface area contributed by atoms with E-state index in [1.165, 1.54) is 12.8 Å². The smallest absolute Gasteiger partial charge is 0.133 e. The van der Waals surface area contributed by atoms with Gasteiger partial charge >= 0.3 is 0 Å². The summed E-state index contributed by atoms with van der Waals surface area (Å²) in [6.07, 6.45) is 8.44. The standard InChI is InChI=1S/C20H28N6/c1-14(2)20-21-9-6-18(24-20)25-10-7-17(8-11-25)26(16-4-5-16)19-12-15(3)22-13-23-19/h6,9,12-14,16-17H,4-5,7-8,10-11H2,1-3H3. The molecule has 1 aliphatic heterocycles. The zero-order chi connectivity index (χ0) is 18.1. The van der Waals surface area contributed by atoms with Crippen LogP contribution >= 0.6 is 0 Å². The number of hydrogen-bond donors (Lipinski definition) is 0. The normalized spacial score (nSPS) is 18.4. The number of piperidine rings is 1. The lowest BCUT2D eigenvalue weighted by atomic mass is 10.0. The van der Waals surface area contributed by atoms with Crippen LogP contribution in [0, 0.1) is 6.92 Å². The Morgan fingerprint density at radius 3 is 2.42 bits per heavy atom. The van der Waals surface area contributed by atoms with Crippen molar-refractivity contribution < 1.29 is 0 Å². The molecule has 2 aliphatic rings. The molecule has 4 rings (SSSR count). The van der Waals surface area contributed by atoms with E-state index in [9.17, 15) is 0 Å². The molecule has 6 nitrogen and oxygen atoms in total. The summed E-state index contributed by atoms with van der Waals surface area (Å²) in [5.74, 6) is 3.46. The SMILES string of the molecule is Cc1cc(N(C2CC2)C2CCN(c3ccnc(C(C)C)n3)CC2)ncn1. The average molecular weight is 352 g/mol. The topological polar surface area (TPSA) is 58.0 Å². The molecular weight excluding hydrogens is 324 g/mol. The van der Waals surface area contributed by atoms with Gasteiger partial charge in [0.15, 0.2) is 0 Å². The van der Waals surface area contributed by atoms with Gasteiger partial charge < -0.3 is 9.80 Å². The zero-order valence-electron chi connectivity index (χ0n) is 16.0. The highest BCUT2D eigenvalue weighted by Crippen LogP contribution is 2.35. The van der Waals surface area contributed by atoms with Crippen LogP contribution in [0.15, 0.2) is 24.7 Å². The van der Waals surface area contributed by atoms with Crippen LogP contribution in [0.3, 0.4) is 0 Å². The number of anilines is 2. The van der Waals surface area contributed by atoms with Gasteiger partial charge in [-0.15, -0.1) is 0 Å². The van der Waals surface area contributed by atoms with Gasteiger partial charge in [-0.25, -0.2) is 19.9 Å². The Hall–Kier alpha value is -2.24. The number of aromatic nitrogens is 4. The van der Waals surface area contributed by atoms with Crippen molar-refractivity contribution in [2.75, 3.05) is 22.9 Å². The Morgan fingerprint density at radius 1 is 1.04 bits per heavy atom. The number of nitrogens with zero attached hydrogens (tertiary/aromatic N) is 6. The summed E-state index contributed by atoms with van der Waals surface area (Å²) < 4.78 is 0. The van der Waals surface area contributed by atoms with Gasteiger partial charge in [-0.1, -0.05) is 13.8 Å². The predicted molar refractivity (Wildman–Crippen MR) is 104 cm³/mol. The van der Waals surface area contributed by atoms with E-state index < -0.39 is 0 Å². The highest BCUT2D eigenvalue weighted by molar-refractivity contribution is 5.45. The monoisotopic (exact) mass is 352 g/mol. The van der Waals surface area contributed by atoms with Crippen LogP contribution in [0.5, 0.6) is 0 Å². The van der Waals surface area contributed by atoms with Crippen LogP contribution < -0.4 is 9.80 Å². The molecule has 2 aromatic rings. The van der Waals surface area contributed by atoms with Gasteiger partial charge in [-0.05, 0) is 38.7 Å². The minimum atomic E-state index is 0.360. The lowest BCUT2D eigenvalue weighted by molar-refractivity contribution is 0.456.